The molecule has 0 saturated heterocycles. The molecule has 2 atom stereocenters. The summed E-state index contributed by atoms with van der Waals surface area (Å²) in [7, 11) is 0. The predicted molar refractivity (Wildman–Crippen MR) is 109 cm³/mol. The van der Waals surface area contributed by atoms with Crippen LogP contribution >= 0.6 is 0 Å². The van der Waals surface area contributed by atoms with E-state index in [-0.39, 0.29) is 28.6 Å². The lowest BCUT2D eigenvalue weighted by Crippen LogP contribution is -2.38. The Hall–Kier alpha value is -1.31. The Kier molecular flexibility index (Phi) is 7.94. The molecule has 25 heavy (non-hydrogen) atoms. The molecule has 2 nitrogen and oxygen atoms in total. The van der Waals surface area contributed by atoms with E-state index < -0.39 is 5.60 Å². The molecule has 0 N–H and O–H groups in total. The van der Waals surface area contributed by atoms with Crippen LogP contribution in [0.5, 0.6) is 0 Å². The second kappa shape index (κ2) is 8.38. The summed E-state index contributed by atoms with van der Waals surface area (Å²) in [6.07, 6.45) is 3.32. The zero-order chi connectivity index (χ0) is 20.2. The highest BCUT2D eigenvalue weighted by Crippen LogP contribution is 2.37. The summed E-state index contributed by atoms with van der Waals surface area (Å²) in [4.78, 5) is 13.0. The van der Waals surface area contributed by atoms with Crippen molar-refractivity contribution in [2.75, 3.05) is 0 Å². The molecule has 0 saturated carbocycles. The lowest BCUT2D eigenvalue weighted by molar-refractivity contribution is -0.164. The summed E-state index contributed by atoms with van der Waals surface area (Å²) < 4.78 is 5.89. The summed E-state index contributed by atoms with van der Waals surface area (Å²) in [5.74, 6) is -0.516. The average molecular weight is 349 g/mol. The number of carbonyl (C=O) groups excluding carboxylic acids is 1. The summed E-state index contributed by atoms with van der Waals surface area (Å²) in [5, 5.41) is 0. The van der Waals surface area contributed by atoms with Gasteiger partial charge in [0.1, 0.15) is 5.60 Å². The van der Waals surface area contributed by atoms with E-state index in [2.05, 4.69) is 61.3 Å². The standard InChI is InChI=1S/C23H40O2/c1-13-17(3)23(11,12)25-20(24)19(15-22(8,9)10)18(4)16(2)14-21(5,6)7/h13,17,19H,1-2,4,14-15H2,3,5-12H3. The molecule has 0 spiro atoms. The Morgan fingerprint density at radius 2 is 1.48 bits per heavy atom. The van der Waals surface area contributed by atoms with Gasteiger partial charge in [0.25, 0.3) is 0 Å². The van der Waals surface area contributed by atoms with Crippen molar-refractivity contribution in [2.24, 2.45) is 22.7 Å². The quantitative estimate of drug-likeness (QED) is 0.276. The molecule has 0 aliphatic rings. The van der Waals surface area contributed by atoms with Crippen LogP contribution in [0.4, 0.5) is 0 Å². The van der Waals surface area contributed by atoms with Crippen LogP contribution in [0.1, 0.15) is 75.2 Å². The fraction of sp³-hybridized carbons (Fsp3) is 0.696. The molecule has 2 heteroatoms. The van der Waals surface area contributed by atoms with E-state index in [1.54, 1.807) is 0 Å². The number of esters is 1. The molecule has 0 aromatic rings. The van der Waals surface area contributed by atoms with Gasteiger partial charge < -0.3 is 4.74 Å². The van der Waals surface area contributed by atoms with Crippen LogP contribution in [0.3, 0.4) is 0 Å². The smallest absolute Gasteiger partial charge is 0.313 e. The van der Waals surface area contributed by atoms with Gasteiger partial charge in [-0.2, -0.15) is 0 Å². The van der Waals surface area contributed by atoms with Gasteiger partial charge in [-0.3, -0.25) is 4.79 Å². The van der Waals surface area contributed by atoms with Gasteiger partial charge in [-0.05, 0) is 43.1 Å². The summed E-state index contributed by atoms with van der Waals surface area (Å²) in [6.45, 7) is 31.0. The van der Waals surface area contributed by atoms with E-state index in [1.807, 2.05) is 26.8 Å². The van der Waals surface area contributed by atoms with Gasteiger partial charge >= 0.3 is 5.97 Å². The second-order valence-corrected chi connectivity index (χ2v) is 10.2. The van der Waals surface area contributed by atoms with E-state index >= 15 is 0 Å². The number of rotatable bonds is 8. The number of hydrogen-bond donors (Lipinski definition) is 0. The maximum absolute atomic E-state index is 13.0. The highest BCUT2D eigenvalue weighted by molar-refractivity contribution is 5.77. The van der Waals surface area contributed by atoms with E-state index in [0.717, 1.165) is 17.6 Å². The Labute approximate surface area is 156 Å². The first kappa shape index (κ1) is 23.7. The maximum Gasteiger partial charge on any atom is 0.313 e. The van der Waals surface area contributed by atoms with Crippen molar-refractivity contribution in [1.29, 1.82) is 0 Å². The van der Waals surface area contributed by atoms with Crippen molar-refractivity contribution < 1.29 is 9.53 Å². The minimum atomic E-state index is -0.597. The number of allylic oxidation sites excluding steroid dienone is 1. The third kappa shape index (κ3) is 8.56. The molecule has 0 bridgehead atoms. The molecular formula is C23H40O2. The van der Waals surface area contributed by atoms with Crippen LogP contribution in [0.2, 0.25) is 0 Å². The van der Waals surface area contributed by atoms with Crippen LogP contribution in [0.15, 0.2) is 37.0 Å². The van der Waals surface area contributed by atoms with Gasteiger partial charge in [0, 0.05) is 5.92 Å². The molecule has 0 aliphatic heterocycles. The number of carbonyl (C=O) groups is 1. The Balaban J connectivity index is 5.49. The highest BCUT2D eigenvalue weighted by atomic mass is 16.6. The molecule has 144 valence electrons. The van der Waals surface area contributed by atoms with E-state index in [0.29, 0.717) is 6.42 Å². The average Bonchev–Trinajstić information content (AvgIpc) is 2.39. The van der Waals surface area contributed by atoms with E-state index in [9.17, 15) is 4.79 Å². The topological polar surface area (TPSA) is 26.3 Å². The van der Waals surface area contributed by atoms with Crippen molar-refractivity contribution in [3.8, 4) is 0 Å². The predicted octanol–water partition coefficient (Wildman–Crippen LogP) is 6.73. The van der Waals surface area contributed by atoms with Crippen LogP contribution in [-0.2, 0) is 9.53 Å². The molecule has 0 aromatic carbocycles. The summed E-state index contributed by atoms with van der Waals surface area (Å²) >= 11 is 0. The molecule has 2 unspecified atom stereocenters. The normalized spacial score (nSPS) is 15.2. The van der Waals surface area contributed by atoms with Crippen molar-refractivity contribution in [3.63, 3.8) is 0 Å². The fourth-order valence-corrected chi connectivity index (χ4v) is 2.67. The summed E-state index contributed by atoms with van der Waals surface area (Å²) in [6, 6.07) is 0. The van der Waals surface area contributed by atoms with Gasteiger partial charge in [-0.25, -0.2) is 0 Å². The molecule has 0 fully saturated rings. The zero-order valence-corrected chi connectivity index (χ0v) is 18.1. The second-order valence-electron chi connectivity index (χ2n) is 10.2. The summed E-state index contributed by atoms with van der Waals surface area (Å²) in [5.41, 5.74) is 1.24. The maximum atomic E-state index is 13.0. The number of ether oxygens (including phenoxy) is 1. The Morgan fingerprint density at radius 1 is 1.00 bits per heavy atom. The first-order valence-corrected chi connectivity index (χ1v) is 9.22. The molecule has 0 rings (SSSR count). The fourth-order valence-electron chi connectivity index (χ4n) is 2.67. The van der Waals surface area contributed by atoms with Crippen molar-refractivity contribution >= 4 is 5.97 Å². The number of hydrogen-bond acceptors (Lipinski definition) is 2. The highest BCUT2D eigenvalue weighted by Gasteiger charge is 2.35. The third-order valence-electron chi connectivity index (χ3n) is 4.53. The molecule has 0 radical (unpaired) electrons. The van der Waals surface area contributed by atoms with E-state index in [1.165, 1.54) is 0 Å². The minimum absolute atomic E-state index is 0.0111. The molecular weight excluding hydrogens is 308 g/mol. The van der Waals surface area contributed by atoms with E-state index in [4.69, 9.17) is 4.74 Å². The SMILES string of the molecule is C=CC(C)C(C)(C)OC(=O)C(CC(C)(C)C)C(=C)C(=C)CC(C)(C)C. The minimum Gasteiger partial charge on any atom is -0.459 e. The Bertz CT molecular complexity index is 509. The van der Waals surface area contributed by atoms with Gasteiger partial charge in [-0.1, -0.05) is 73.3 Å². The lowest BCUT2D eigenvalue weighted by Gasteiger charge is -2.34. The van der Waals surface area contributed by atoms with Gasteiger partial charge in [0.05, 0.1) is 5.92 Å². The largest absolute Gasteiger partial charge is 0.459 e. The first-order chi connectivity index (χ1) is 11.0. The molecule has 0 amide bonds. The third-order valence-corrected chi connectivity index (χ3v) is 4.53. The van der Waals surface area contributed by atoms with Crippen LogP contribution in [0, 0.1) is 22.7 Å². The molecule has 0 heterocycles. The lowest BCUT2D eigenvalue weighted by atomic mass is 9.77. The van der Waals surface area contributed by atoms with Crippen LogP contribution in [0.25, 0.3) is 0 Å². The van der Waals surface area contributed by atoms with Crippen molar-refractivity contribution in [2.45, 2.75) is 80.8 Å². The Morgan fingerprint density at radius 3 is 1.84 bits per heavy atom. The molecule has 0 aromatic heterocycles. The zero-order valence-electron chi connectivity index (χ0n) is 18.1. The van der Waals surface area contributed by atoms with Crippen molar-refractivity contribution in [3.05, 3.63) is 37.0 Å². The van der Waals surface area contributed by atoms with Crippen molar-refractivity contribution in [1.82, 2.24) is 0 Å². The monoisotopic (exact) mass is 348 g/mol. The van der Waals surface area contributed by atoms with Gasteiger partial charge in [0.2, 0.25) is 0 Å². The van der Waals surface area contributed by atoms with Gasteiger partial charge in [-0.15, -0.1) is 6.58 Å². The first-order valence-electron chi connectivity index (χ1n) is 9.22. The van der Waals surface area contributed by atoms with Gasteiger partial charge in [0.15, 0.2) is 0 Å². The molecule has 0 aliphatic carbocycles. The van der Waals surface area contributed by atoms with Crippen LogP contribution in [-0.4, -0.2) is 11.6 Å². The van der Waals surface area contributed by atoms with Crippen LogP contribution < -0.4 is 0 Å².